The van der Waals surface area contributed by atoms with E-state index in [0.29, 0.717) is 30.2 Å². The zero-order valence-electron chi connectivity index (χ0n) is 11.0. The monoisotopic (exact) mass is 223 g/mol. The first kappa shape index (κ1) is 13.3. The van der Waals surface area contributed by atoms with Crippen molar-refractivity contribution in [1.82, 2.24) is 5.32 Å². The molecule has 0 aromatic carbocycles. The smallest absolute Gasteiger partial charge is 0.223 e. The summed E-state index contributed by atoms with van der Waals surface area (Å²) in [6.45, 7) is 13.1. The van der Waals surface area contributed by atoms with E-state index in [0.717, 1.165) is 0 Å². The third kappa shape index (κ3) is 2.66. The molecule has 1 rings (SSSR count). The fourth-order valence-corrected chi connectivity index (χ4v) is 2.95. The summed E-state index contributed by atoms with van der Waals surface area (Å²) in [5.74, 6) is 2.69. The standard InChI is InChI=1S/C14H25NO/c1-6-7-15-14(16)13-11(5)10(4)8-12(13)9(2)3/h6,9-13H,1,7-8H2,2-5H3,(H,15,16)/t10?,11-,12+,13-/m0/s1. The summed E-state index contributed by atoms with van der Waals surface area (Å²) in [5, 5.41) is 2.95. The Kier molecular flexibility index (Phi) is 4.57. The van der Waals surface area contributed by atoms with Crippen molar-refractivity contribution >= 4 is 5.91 Å². The van der Waals surface area contributed by atoms with E-state index in [4.69, 9.17) is 0 Å². The number of hydrogen-bond donors (Lipinski definition) is 1. The number of rotatable bonds is 4. The molecular formula is C14H25NO. The predicted octanol–water partition coefficient (Wildman–Crippen LogP) is 2.85. The van der Waals surface area contributed by atoms with E-state index < -0.39 is 0 Å². The minimum atomic E-state index is 0.190. The summed E-state index contributed by atoms with van der Waals surface area (Å²) in [5.41, 5.74) is 0. The van der Waals surface area contributed by atoms with Gasteiger partial charge in [0.05, 0.1) is 0 Å². The number of amides is 1. The normalized spacial score (nSPS) is 34.1. The van der Waals surface area contributed by atoms with Gasteiger partial charge >= 0.3 is 0 Å². The predicted molar refractivity (Wildman–Crippen MR) is 68.0 cm³/mol. The summed E-state index contributed by atoms with van der Waals surface area (Å²) in [4.78, 5) is 12.1. The van der Waals surface area contributed by atoms with E-state index in [-0.39, 0.29) is 11.8 Å². The second-order valence-corrected chi connectivity index (χ2v) is 5.54. The Bertz CT molecular complexity index is 259. The van der Waals surface area contributed by atoms with Crippen LogP contribution in [0.15, 0.2) is 12.7 Å². The van der Waals surface area contributed by atoms with Crippen molar-refractivity contribution in [2.24, 2.45) is 29.6 Å². The zero-order valence-corrected chi connectivity index (χ0v) is 11.0. The topological polar surface area (TPSA) is 29.1 Å². The van der Waals surface area contributed by atoms with Gasteiger partial charge in [-0.15, -0.1) is 6.58 Å². The van der Waals surface area contributed by atoms with Gasteiger partial charge in [-0.3, -0.25) is 4.79 Å². The molecule has 0 spiro atoms. The van der Waals surface area contributed by atoms with E-state index in [2.05, 4.69) is 39.6 Å². The van der Waals surface area contributed by atoms with Crippen molar-refractivity contribution in [3.05, 3.63) is 12.7 Å². The van der Waals surface area contributed by atoms with Crippen LogP contribution in [0.5, 0.6) is 0 Å². The molecule has 0 radical (unpaired) electrons. The molecule has 0 aliphatic heterocycles. The van der Waals surface area contributed by atoms with Crippen LogP contribution in [0.1, 0.15) is 34.1 Å². The Morgan fingerprint density at radius 3 is 2.62 bits per heavy atom. The van der Waals surface area contributed by atoms with Gasteiger partial charge in [0.15, 0.2) is 0 Å². The third-order valence-electron chi connectivity index (χ3n) is 4.15. The molecule has 0 aromatic rings. The van der Waals surface area contributed by atoms with Gasteiger partial charge in [0.1, 0.15) is 0 Å². The first-order chi connectivity index (χ1) is 7.49. The van der Waals surface area contributed by atoms with Crippen LogP contribution < -0.4 is 5.32 Å². The maximum atomic E-state index is 12.1. The van der Waals surface area contributed by atoms with Crippen LogP contribution in [-0.2, 0) is 4.79 Å². The Hall–Kier alpha value is -0.790. The molecule has 2 nitrogen and oxygen atoms in total. The minimum Gasteiger partial charge on any atom is -0.352 e. The molecular weight excluding hydrogens is 198 g/mol. The van der Waals surface area contributed by atoms with Crippen molar-refractivity contribution < 1.29 is 4.79 Å². The highest BCUT2D eigenvalue weighted by Gasteiger charge is 2.43. The van der Waals surface area contributed by atoms with Crippen molar-refractivity contribution in [2.45, 2.75) is 34.1 Å². The first-order valence-electron chi connectivity index (χ1n) is 6.37. The number of carbonyl (C=O) groups is 1. The van der Waals surface area contributed by atoms with Crippen molar-refractivity contribution in [3.63, 3.8) is 0 Å². The first-order valence-corrected chi connectivity index (χ1v) is 6.37. The lowest BCUT2D eigenvalue weighted by molar-refractivity contribution is -0.127. The van der Waals surface area contributed by atoms with Crippen LogP contribution in [0.3, 0.4) is 0 Å². The van der Waals surface area contributed by atoms with E-state index in [1.165, 1.54) is 6.42 Å². The lowest BCUT2D eigenvalue weighted by Crippen LogP contribution is -2.37. The fourth-order valence-electron chi connectivity index (χ4n) is 2.95. The lowest BCUT2D eigenvalue weighted by Gasteiger charge is -2.24. The largest absolute Gasteiger partial charge is 0.352 e. The lowest BCUT2D eigenvalue weighted by atomic mass is 9.82. The third-order valence-corrected chi connectivity index (χ3v) is 4.15. The fraction of sp³-hybridized carbons (Fsp3) is 0.786. The molecule has 16 heavy (non-hydrogen) atoms. The molecule has 1 unspecified atom stereocenters. The minimum absolute atomic E-state index is 0.190. The highest BCUT2D eigenvalue weighted by Crippen LogP contribution is 2.44. The van der Waals surface area contributed by atoms with E-state index in [1.807, 2.05) is 0 Å². The molecule has 0 heterocycles. The molecule has 1 fully saturated rings. The molecule has 0 saturated heterocycles. The van der Waals surface area contributed by atoms with Gasteiger partial charge in [-0.1, -0.05) is 33.8 Å². The number of nitrogens with one attached hydrogen (secondary N) is 1. The summed E-state index contributed by atoms with van der Waals surface area (Å²) >= 11 is 0. The molecule has 0 aromatic heterocycles. The molecule has 0 bridgehead atoms. The van der Waals surface area contributed by atoms with Crippen LogP contribution in [0.25, 0.3) is 0 Å². The molecule has 1 aliphatic carbocycles. The van der Waals surface area contributed by atoms with Crippen LogP contribution >= 0.6 is 0 Å². The number of carbonyl (C=O) groups excluding carboxylic acids is 1. The van der Waals surface area contributed by atoms with Gasteiger partial charge < -0.3 is 5.32 Å². The average molecular weight is 223 g/mol. The maximum Gasteiger partial charge on any atom is 0.223 e. The van der Waals surface area contributed by atoms with Crippen LogP contribution in [0, 0.1) is 29.6 Å². The van der Waals surface area contributed by atoms with Crippen LogP contribution in [0.4, 0.5) is 0 Å². The summed E-state index contributed by atoms with van der Waals surface area (Å²) in [6.07, 6.45) is 2.93. The summed E-state index contributed by atoms with van der Waals surface area (Å²) in [6, 6.07) is 0. The quantitative estimate of drug-likeness (QED) is 0.730. The Morgan fingerprint density at radius 2 is 2.12 bits per heavy atom. The molecule has 1 aliphatic rings. The molecule has 4 atom stereocenters. The highest BCUT2D eigenvalue weighted by atomic mass is 16.1. The van der Waals surface area contributed by atoms with Crippen molar-refractivity contribution in [2.75, 3.05) is 6.54 Å². The van der Waals surface area contributed by atoms with Crippen molar-refractivity contribution in [3.8, 4) is 0 Å². The molecule has 1 N–H and O–H groups in total. The van der Waals surface area contributed by atoms with Gasteiger partial charge in [0.2, 0.25) is 5.91 Å². The van der Waals surface area contributed by atoms with Gasteiger partial charge in [-0.25, -0.2) is 0 Å². The van der Waals surface area contributed by atoms with Crippen LogP contribution in [-0.4, -0.2) is 12.5 Å². The van der Waals surface area contributed by atoms with Crippen LogP contribution in [0.2, 0.25) is 0 Å². The number of hydrogen-bond acceptors (Lipinski definition) is 1. The SMILES string of the molecule is C=CCNC(=O)[C@@H]1[C@@H](C(C)C)CC(C)[C@@H]1C. The summed E-state index contributed by atoms with van der Waals surface area (Å²) in [7, 11) is 0. The van der Waals surface area contributed by atoms with Crippen molar-refractivity contribution in [1.29, 1.82) is 0 Å². The highest BCUT2D eigenvalue weighted by molar-refractivity contribution is 5.79. The second kappa shape index (κ2) is 5.51. The summed E-state index contributed by atoms with van der Waals surface area (Å²) < 4.78 is 0. The molecule has 2 heteroatoms. The second-order valence-electron chi connectivity index (χ2n) is 5.54. The Balaban J connectivity index is 2.73. The van der Waals surface area contributed by atoms with Gasteiger partial charge in [0, 0.05) is 12.5 Å². The zero-order chi connectivity index (χ0) is 12.3. The van der Waals surface area contributed by atoms with E-state index in [9.17, 15) is 4.79 Å². The molecule has 1 saturated carbocycles. The maximum absolute atomic E-state index is 12.1. The molecule has 92 valence electrons. The average Bonchev–Trinajstić information content (AvgIpc) is 2.52. The van der Waals surface area contributed by atoms with Gasteiger partial charge in [0.25, 0.3) is 0 Å². The van der Waals surface area contributed by atoms with Gasteiger partial charge in [-0.2, -0.15) is 0 Å². The Morgan fingerprint density at radius 1 is 1.50 bits per heavy atom. The van der Waals surface area contributed by atoms with E-state index in [1.54, 1.807) is 6.08 Å². The van der Waals surface area contributed by atoms with Gasteiger partial charge in [-0.05, 0) is 30.1 Å². The van der Waals surface area contributed by atoms with E-state index >= 15 is 0 Å². The Labute approximate surface area is 99.5 Å². The molecule has 1 amide bonds.